The maximum atomic E-state index is 14.1. The number of carbonyl (C=O) groups excluding carboxylic acids is 4. The zero-order valence-electron chi connectivity index (χ0n) is 26.6. The number of imide groups is 3. The number of phenols is 1. The minimum Gasteiger partial charge on any atom is -0.508 e. The highest BCUT2D eigenvalue weighted by Crippen LogP contribution is 2.22. The molecule has 0 aromatic heterocycles. The lowest BCUT2D eigenvalue weighted by molar-refractivity contribution is -0.157. The van der Waals surface area contributed by atoms with E-state index in [4.69, 9.17) is 34.1 Å². The number of hydrogen-bond donors (Lipinski definition) is 9. The fourth-order valence-corrected chi connectivity index (χ4v) is 5.07. The maximum Gasteiger partial charge on any atom is 0.258 e. The number of unbranched alkanes of at least 4 members (excludes halogenated alkanes) is 1. The number of amides is 4. The highest BCUT2D eigenvalue weighted by Gasteiger charge is 2.39. The van der Waals surface area contributed by atoms with Crippen LogP contribution in [0, 0.1) is 19.3 Å². The van der Waals surface area contributed by atoms with Gasteiger partial charge in [-0.25, -0.2) is 4.90 Å². The van der Waals surface area contributed by atoms with Crippen molar-refractivity contribution in [2.75, 3.05) is 13.1 Å². The standard InChI is InChI=1S/C32H49N9O5/c1-19-15-22(42)16-20(2)23(19)18-25(35)28(43)40-27(12-6-7-13-33)31(46)41(29(44)24(34)11-8-14-39-32(37)38)30(45)26(36)17-21-9-4-3-5-10-21/h3-5,9-10,15-16,24-27,42H,6-8,11-14,17-18,33-36H2,1-2H3,(H,40,43)(H4,37,38,39). The maximum absolute atomic E-state index is 14.1. The lowest BCUT2D eigenvalue weighted by Crippen LogP contribution is -2.61. The van der Waals surface area contributed by atoms with Crippen molar-refractivity contribution in [2.45, 2.75) is 83.0 Å². The fourth-order valence-electron chi connectivity index (χ4n) is 5.07. The van der Waals surface area contributed by atoms with Crippen LogP contribution in [0.2, 0.25) is 0 Å². The summed E-state index contributed by atoms with van der Waals surface area (Å²) in [6, 6.07) is 7.14. The average molecular weight is 640 g/mol. The third-order valence-corrected chi connectivity index (χ3v) is 7.60. The summed E-state index contributed by atoms with van der Waals surface area (Å²) in [5, 5.41) is 22.4. The van der Waals surface area contributed by atoms with Gasteiger partial charge >= 0.3 is 0 Å². The molecule has 4 amide bonds. The summed E-state index contributed by atoms with van der Waals surface area (Å²) in [6.45, 7) is 4.16. The van der Waals surface area contributed by atoms with Crippen molar-refractivity contribution in [3.05, 3.63) is 64.7 Å². The molecular weight excluding hydrogens is 590 g/mol. The Morgan fingerprint density at radius 3 is 2.04 bits per heavy atom. The Morgan fingerprint density at radius 1 is 0.848 bits per heavy atom. The Labute approximate surface area is 269 Å². The quantitative estimate of drug-likeness (QED) is 0.0606. The number of aryl methyl sites for hydroxylation is 2. The molecule has 46 heavy (non-hydrogen) atoms. The molecular formula is C32H49N9O5. The lowest BCUT2D eigenvalue weighted by atomic mass is 9.95. The van der Waals surface area contributed by atoms with E-state index in [0.717, 1.165) is 22.3 Å². The molecule has 0 bridgehead atoms. The summed E-state index contributed by atoms with van der Waals surface area (Å²) in [5.74, 6) is -3.69. The molecule has 0 spiro atoms. The van der Waals surface area contributed by atoms with E-state index in [1.165, 1.54) is 0 Å². The first-order valence-corrected chi connectivity index (χ1v) is 15.4. The number of aromatic hydroxyl groups is 1. The van der Waals surface area contributed by atoms with Gasteiger partial charge in [0.05, 0.1) is 18.1 Å². The SMILES string of the molecule is Cc1cc(O)cc(C)c1CC(N)C(=O)NC(CCCCN)C(=O)N(C(=O)C(N)CCCNC(=N)N)C(=O)C(N)Cc1ccccc1. The number of rotatable bonds is 17. The molecule has 0 aliphatic heterocycles. The van der Waals surface area contributed by atoms with Gasteiger partial charge in [0.15, 0.2) is 5.96 Å². The van der Waals surface area contributed by atoms with Crippen LogP contribution in [-0.2, 0) is 32.0 Å². The Hall–Kier alpha value is -4.37. The van der Waals surface area contributed by atoms with Crippen LogP contribution in [0.5, 0.6) is 5.75 Å². The summed E-state index contributed by atoms with van der Waals surface area (Å²) in [5.41, 5.74) is 32.7. The van der Waals surface area contributed by atoms with E-state index in [0.29, 0.717) is 30.7 Å². The molecule has 2 rings (SSSR count). The van der Waals surface area contributed by atoms with Crippen molar-refractivity contribution in [1.82, 2.24) is 15.5 Å². The summed E-state index contributed by atoms with van der Waals surface area (Å²) in [6.07, 6.45) is 1.58. The van der Waals surface area contributed by atoms with Gasteiger partial charge < -0.3 is 44.4 Å². The number of guanidine groups is 1. The number of nitrogens with zero attached hydrogens (tertiary/aromatic N) is 1. The van der Waals surface area contributed by atoms with Gasteiger partial charge in [0.1, 0.15) is 11.8 Å². The first-order chi connectivity index (χ1) is 21.8. The van der Waals surface area contributed by atoms with E-state index < -0.39 is 47.8 Å². The van der Waals surface area contributed by atoms with Gasteiger partial charge in [-0.15, -0.1) is 0 Å². The summed E-state index contributed by atoms with van der Waals surface area (Å²) < 4.78 is 0. The van der Waals surface area contributed by atoms with Gasteiger partial charge in [-0.05, 0) is 99.7 Å². The Balaban J connectivity index is 2.35. The van der Waals surface area contributed by atoms with Gasteiger partial charge in [0.25, 0.3) is 17.7 Å². The van der Waals surface area contributed by atoms with Crippen LogP contribution in [0.1, 0.15) is 54.4 Å². The zero-order chi connectivity index (χ0) is 34.4. The first-order valence-electron chi connectivity index (χ1n) is 15.4. The summed E-state index contributed by atoms with van der Waals surface area (Å²) in [4.78, 5) is 55.2. The van der Waals surface area contributed by atoms with E-state index in [9.17, 15) is 24.3 Å². The molecule has 2 aromatic carbocycles. The van der Waals surface area contributed by atoms with Gasteiger partial charge in [-0.3, -0.25) is 24.6 Å². The van der Waals surface area contributed by atoms with Crippen molar-refractivity contribution in [1.29, 1.82) is 5.41 Å². The third kappa shape index (κ3) is 11.5. The number of benzene rings is 2. The molecule has 0 aliphatic carbocycles. The van der Waals surface area contributed by atoms with Gasteiger partial charge in [0.2, 0.25) is 5.91 Å². The molecule has 2 aromatic rings. The van der Waals surface area contributed by atoms with Gasteiger partial charge in [-0.1, -0.05) is 30.3 Å². The van der Waals surface area contributed by atoms with E-state index in [2.05, 4.69) is 10.6 Å². The Bertz CT molecular complexity index is 1330. The highest BCUT2D eigenvalue weighted by atomic mass is 16.3. The molecule has 14 nitrogen and oxygen atoms in total. The molecule has 252 valence electrons. The molecule has 4 unspecified atom stereocenters. The molecule has 0 aliphatic rings. The third-order valence-electron chi connectivity index (χ3n) is 7.60. The van der Waals surface area contributed by atoms with Crippen LogP contribution < -0.4 is 39.3 Å². The normalized spacial score (nSPS) is 13.6. The Morgan fingerprint density at radius 2 is 1.46 bits per heavy atom. The van der Waals surface area contributed by atoms with Gasteiger partial charge in [0, 0.05) is 6.54 Å². The molecule has 0 fully saturated rings. The molecule has 0 saturated heterocycles. The topological polar surface area (TPSA) is 270 Å². The van der Waals surface area contributed by atoms with Crippen molar-refractivity contribution >= 4 is 29.6 Å². The molecule has 14 N–H and O–H groups in total. The molecule has 0 saturated carbocycles. The van der Waals surface area contributed by atoms with Crippen LogP contribution in [0.25, 0.3) is 0 Å². The van der Waals surface area contributed by atoms with Crippen molar-refractivity contribution in [3.63, 3.8) is 0 Å². The van der Waals surface area contributed by atoms with E-state index in [1.807, 2.05) is 0 Å². The predicted octanol–water partition coefficient (Wildman–Crippen LogP) is -0.465. The summed E-state index contributed by atoms with van der Waals surface area (Å²) >= 11 is 0. The zero-order valence-corrected chi connectivity index (χ0v) is 26.6. The van der Waals surface area contributed by atoms with Crippen molar-refractivity contribution in [2.24, 2.45) is 28.7 Å². The largest absolute Gasteiger partial charge is 0.508 e. The number of nitrogens with two attached hydrogens (primary N) is 5. The second-order valence-corrected chi connectivity index (χ2v) is 11.4. The van der Waals surface area contributed by atoms with Gasteiger partial charge in [-0.2, -0.15) is 0 Å². The van der Waals surface area contributed by atoms with Crippen LogP contribution in [0.3, 0.4) is 0 Å². The highest BCUT2D eigenvalue weighted by molar-refractivity contribution is 6.15. The van der Waals surface area contributed by atoms with Crippen molar-refractivity contribution in [3.8, 4) is 5.75 Å². The number of hydrogen-bond acceptors (Lipinski definition) is 10. The van der Waals surface area contributed by atoms with Crippen LogP contribution in [0.15, 0.2) is 42.5 Å². The van der Waals surface area contributed by atoms with Crippen LogP contribution in [-0.4, -0.2) is 76.9 Å². The van der Waals surface area contributed by atoms with E-state index in [1.54, 1.807) is 56.3 Å². The van der Waals surface area contributed by atoms with Crippen LogP contribution in [0.4, 0.5) is 0 Å². The lowest BCUT2D eigenvalue weighted by Gasteiger charge is -2.29. The number of nitrogens with one attached hydrogen (secondary N) is 3. The fraction of sp³-hybridized carbons (Fsp3) is 0.469. The predicted molar refractivity (Wildman–Crippen MR) is 176 cm³/mol. The minimum absolute atomic E-state index is 0.0505. The molecule has 4 atom stereocenters. The average Bonchev–Trinajstić information content (AvgIpc) is 3.00. The number of carbonyl (C=O) groups is 4. The molecule has 14 heteroatoms. The summed E-state index contributed by atoms with van der Waals surface area (Å²) in [7, 11) is 0. The number of phenolic OH excluding ortho intramolecular Hbond substituents is 1. The van der Waals surface area contributed by atoms with E-state index >= 15 is 0 Å². The van der Waals surface area contributed by atoms with Crippen LogP contribution >= 0.6 is 0 Å². The first kappa shape index (κ1) is 37.8. The second-order valence-electron chi connectivity index (χ2n) is 11.4. The molecule has 0 heterocycles. The smallest absolute Gasteiger partial charge is 0.258 e. The Kier molecular flexibility index (Phi) is 15.3. The minimum atomic E-state index is -1.30. The monoisotopic (exact) mass is 639 g/mol. The van der Waals surface area contributed by atoms with Crippen molar-refractivity contribution < 1.29 is 24.3 Å². The molecule has 0 radical (unpaired) electrons. The second kappa shape index (κ2) is 18.6. The van der Waals surface area contributed by atoms with E-state index in [-0.39, 0.29) is 43.9 Å².